The van der Waals surface area contributed by atoms with Crippen molar-refractivity contribution in [1.82, 2.24) is 0 Å². The maximum atomic E-state index is 11.6. The SMILES string of the molecule is COCC(C)(C)c1ccc(OC)c(C2(C(=O)O)CC2)c1. The van der Waals surface area contributed by atoms with E-state index in [0.29, 0.717) is 25.2 Å². The fraction of sp³-hybridized carbons (Fsp3) is 0.562. The van der Waals surface area contributed by atoms with Crippen LogP contribution in [0.2, 0.25) is 0 Å². The van der Waals surface area contributed by atoms with Gasteiger partial charge in [-0.05, 0) is 24.5 Å². The van der Waals surface area contributed by atoms with Gasteiger partial charge in [0, 0.05) is 18.1 Å². The summed E-state index contributed by atoms with van der Waals surface area (Å²) in [6, 6.07) is 5.82. The number of hydrogen-bond acceptors (Lipinski definition) is 3. The predicted octanol–water partition coefficient (Wildman–Crippen LogP) is 2.74. The lowest BCUT2D eigenvalue weighted by atomic mass is 9.82. The highest BCUT2D eigenvalue weighted by molar-refractivity contribution is 5.86. The summed E-state index contributed by atoms with van der Waals surface area (Å²) in [4.78, 5) is 11.6. The van der Waals surface area contributed by atoms with Crippen LogP contribution in [0.5, 0.6) is 5.75 Å². The Hall–Kier alpha value is -1.55. The highest BCUT2D eigenvalue weighted by Gasteiger charge is 2.53. The molecule has 0 atom stereocenters. The van der Waals surface area contributed by atoms with E-state index >= 15 is 0 Å². The summed E-state index contributed by atoms with van der Waals surface area (Å²) in [5, 5.41) is 9.49. The highest BCUT2D eigenvalue weighted by Crippen LogP contribution is 2.52. The van der Waals surface area contributed by atoms with E-state index in [1.165, 1.54) is 0 Å². The minimum Gasteiger partial charge on any atom is -0.496 e. The zero-order chi connectivity index (χ0) is 15.0. The van der Waals surface area contributed by atoms with Gasteiger partial charge in [-0.15, -0.1) is 0 Å². The summed E-state index contributed by atoms with van der Waals surface area (Å²) >= 11 is 0. The van der Waals surface area contributed by atoms with Crippen molar-refractivity contribution in [1.29, 1.82) is 0 Å². The van der Waals surface area contributed by atoms with E-state index in [4.69, 9.17) is 9.47 Å². The van der Waals surface area contributed by atoms with Crippen molar-refractivity contribution in [2.24, 2.45) is 0 Å². The maximum absolute atomic E-state index is 11.6. The molecule has 1 aromatic rings. The first-order valence-corrected chi connectivity index (χ1v) is 6.79. The summed E-state index contributed by atoms with van der Waals surface area (Å²) in [7, 11) is 3.25. The average Bonchev–Trinajstić information content (AvgIpc) is 3.19. The number of carbonyl (C=O) groups is 1. The van der Waals surface area contributed by atoms with Gasteiger partial charge in [0.15, 0.2) is 0 Å². The molecule has 1 aromatic carbocycles. The molecule has 2 rings (SSSR count). The molecule has 1 fully saturated rings. The van der Waals surface area contributed by atoms with Crippen LogP contribution in [0.4, 0.5) is 0 Å². The van der Waals surface area contributed by atoms with Crippen LogP contribution >= 0.6 is 0 Å². The van der Waals surface area contributed by atoms with Crippen LogP contribution in [-0.4, -0.2) is 31.9 Å². The molecule has 0 radical (unpaired) electrons. The maximum Gasteiger partial charge on any atom is 0.314 e. The Morgan fingerprint density at radius 2 is 2.00 bits per heavy atom. The predicted molar refractivity (Wildman–Crippen MR) is 76.4 cm³/mol. The Balaban J connectivity index is 2.48. The molecule has 1 aliphatic rings. The smallest absolute Gasteiger partial charge is 0.314 e. The van der Waals surface area contributed by atoms with Gasteiger partial charge in [-0.25, -0.2) is 0 Å². The average molecular weight is 278 g/mol. The second-order valence-electron chi connectivity index (χ2n) is 6.12. The number of hydrogen-bond donors (Lipinski definition) is 1. The van der Waals surface area contributed by atoms with Gasteiger partial charge in [0.2, 0.25) is 0 Å². The summed E-state index contributed by atoms with van der Waals surface area (Å²) in [6.45, 7) is 4.75. The molecular formula is C16H22O4. The number of rotatable bonds is 6. The molecule has 0 spiro atoms. The molecule has 0 unspecified atom stereocenters. The Bertz CT molecular complexity index is 515. The van der Waals surface area contributed by atoms with Gasteiger partial charge in [0.05, 0.1) is 19.1 Å². The van der Waals surface area contributed by atoms with Crippen molar-refractivity contribution in [3.63, 3.8) is 0 Å². The summed E-state index contributed by atoms with van der Waals surface area (Å²) in [5.41, 5.74) is 0.936. The van der Waals surface area contributed by atoms with E-state index in [0.717, 1.165) is 11.1 Å². The molecule has 0 amide bonds. The number of carboxylic acid groups (broad SMARTS) is 1. The molecule has 4 nitrogen and oxygen atoms in total. The standard InChI is InChI=1S/C16H22O4/c1-15(2,10-19-3)11-5-6-13(20-4)12(9-11)16(7-8-16)14(17)18/h5-6,9H,7-8,10H2,1-4H3,(H,17,18). The summed E-state index contributed by atoms with van der Waals surface area (Å²) < 4.78 is 10.6. The summed E-state index contributed by atoms with van der Waals surface area (Å²) in [5.74, 6) is -0.112. The Morgan fingerprint density at radius 1 is 1.35 bits per heavy atom. The van der Waals surface area contributed by atoms with Crippen molar-refractivity contribution in [2.75, 3.05) is 20.8 Å². The molecule has 0 aliphatic heterocycles. The van der Waals surface area contributed by atoms with Crippen LogP contribution in [0.15, 0.2) is 18.2 Å². The third-order valence-electron chi connectivity index (χ3n) is 4.16. The molecule has 110 valence electrons. The van der Waals surface area contributed by atoms with Gasteiger partial charge in [-0.3, -0.25) is 4.79 Å². The number of ether oxygens (including phenoxy) is 2. The zero-order valence-electron chi connectivity index (χ0n) is 12.5. The molecule has 20 heavy (non-hydrogen) atoms. The minimum atomic E-state index is -0.766. The van der Waals surface area contributed by atoms with E-state index < -0.39 is 11.4 Å². The lowest BCUT2D eigenvalue weighted by Crippen LogP contribution is -2.26. The van der Waals surface area contributed by atoms with Gasteiger partial charge < -0.3 is 14.6 Å². The lowest BCUT2D eigenvalue weighted by molar-refractivity contribution is -0.140. The van der Waals surface area contributed by atoms with Crippen LogP contribution in [-0.2, 0) is 20.4 Å². The van der Waals surface area contributed by atoms with Crippen LogP contribution in [0.3, 0.4) is 0 Å². The van der Waals surface area contributed by atoms with Crippen molar-refractivity contribution in [2.45, 2.75) is 37.5 Å². The fourth-order valence-corrected chi connectivity index (χ4v) is 2.67. The highest BCUT2D eigenvalue weighted by atomic mass is 16.5. The number of carboxylic acids is 1. The van der Waals surface area contributed by atoms with Gasteiger partial charge in [0.1, 0.15) is 5.75 Å². The van der Waals surface area contributed by atoms with Gasteiger partial charge in [-0.2, -0.15) is 0 Å². The van der Waals surface area contributed by atoms with Crippen molar-refractivity contribution in [3.8, 4) is 5.75 Å². The molecule has 0 heterocycles. The van der Waals surface area contributed by atoms with Gasteiger partial charge in [-0.1, -0.05) is 26.0 Å². The van der Waals surface area contributed by atoms with E-state index in [-0.39, 0.29) is 5.41 Å². The first-order valence-electron chi connectivity index (χ1n) is 6.79. The first-order chi connectivity index (χ1) is 9.37. The number of aliphatic carboxylic acids is 1. The molecule has 4 heteroatoms. The van der Waals surface area contributed by atoms with Crippen molar-refractivity contribution < 1.29 is 19.4 Å². The van der Waals surface area contributed by atoms with E-state index in [9.17, 15) is 9.90 Å². The quantitative estimate of drug-likeness (QED) is 0.869. The molecule has 1 saturated carbocycles. The first kappa shape index (κ1) is 14.9. The number of benzene rings is 1. The molecule has 1 N–H and O–H groups in total. The second kappa shape index (κ2) is 5.09. The van der Waals surface area contributed by atoms with Gasteiger partial charge in [0.25, 0.3) is 0 Å². The fourth-order valence-electron chi connectivity index (χ4n) is 2.67. The van der Waals surface area contributed by atoms with E-state index in [1.807, 2.05) is 18.2 Å². The topological polar surface area (TPSA) is 55.8 Å². The molecule has 0 aromatic heterocycles. The van der Waals surface area contributed by atoms with Crippen LogP contribution in [0.1, 0.15) is 37.8 Å². The Labute approximate surface area is 119 Å². The van der Waals surface area contributed by atoms with Crippen molar-refractivity contribution in [3.05, 3.63) is 29.3 Å². The Kier molecular flexibility index (Phi) is 3.78. The third kappa shape index (κ3) is 2.40. The summed E-state index contributed by atoms with van der Waals surface area (Å²) in [6.07, 6.45) is 1.35. The second-order valence-corrected chi connectivity index (χ2v) is 6.12. The largest absolute Gasteiger partial charge is 0.496 e. The van der Waals surface area contributed by atoms with Crippen LogP contribution < -0.4 is 4.74 Å². The molecule has 0 bridgehead atoms. The molecular weight excluding hydrogens is 256 g/mol. The molecule has 0 saturated heterocycles. The third-order valence-corrected chi connectivity index (χ3v) is 4.16. The monoisotopic (exact) mass is 278 g/mol. The minimum absolute atomic E-state index is 0.162. The van der Waals surface area contributed by atoms with E-state index in [2.05, 4.69) is 13.8 Å². The molecule has 1 aliphatic carbocycles. The lowest BCUT2D eigenvalue weighted by Gasteiger charge is -2.26. The van der Waals surface area contributed by atoms with Crippen LogP contribution in [0.25, 0.3) is 0 Å². The van der Waals surface area contributed by atoms with Gasteiger partial charge >= 0.3 is 5.97 Å². The normalized spacial score (nSPS) is 16.8. The van der Waals surface area contributed by atoms with Crippen LogP contribution in [0, 0.1) is 0 Å². The van der Waals surface area contributed by atoms with E-state index in [1.54, 1.807) is 14.2 Å². The Morgan fingerprint density at radius 3 is 2.45 bits per heavy atom. The zero-order valence-corrected chi connectivity index (χ0v) is 12.5. The van der Waals surface area contributed by atoms with Crippen molar-refractivity contribution >= 4 is 5.97 Å². The number of methoxy groups -OCH3 is 2.